The molecule has 0 aliphatic heterocycles. The zero-order valence-corrected chi connectivity index (χ0v) is 15.6. The molecule has 2 aromatic carbocycles. The number of para-hydroxylation sites is 1. The number of amides is 2. The molecule has 2 aromatic rings. The Bertz CT molecular complexity index is 789. The first-order valence-electron chi connectivity index (χ1n) is 8.43. The van der Waals surface area contributed by atoms with Crippen LogP contribution in [0.5, 0.6) is 0 Å². The number of carbonyl (C=O) groups excluding carboxylic acids is 2. The second-order valence-corrected chi connectivity index (χ2v) is 6.49. The summed E-state index contributed by atoms with van der Waals surface area (Å²) in [7, 11) is 0. The Morgan fingerprint density at radius 1 is 0.962 bits per heavy atom. The number of benzene rings is 2. The number of hydrogen-bond acceptors (Lipinski definition) is 3. The van der Waals surface area contributed by atoms with E-state index in [4.69, 9.17) is 11.6 Å². The third kappa shape index (κ3) is 6.01. The van der Waals surface area contributed by atoms with Gasteiger partial charge in [-0.05, 0) is 23.6 Å². The molecule has 26 heavy (non-hydrogen) atoms. The van der Waals surface area contributed by atoms with Crippen molar-refractivity contribution >= 4 is 34.8 Å². The fourth-order valence-electron chi connectivity index (χ4n) is 2.32. The van der Waals surface area contributed by atoms with Crippen LogP contribution in [-0.4, -0.2) is 17.5 Å². The number of rotatable bonds is 7. The van der Waals surface area contributed by atoms with E-state index in [0.717, 1.165) is 11.3 Å². The molecule has 0 atom stereocenters. The van der Waals surface area contributed by atoms with Gasteiger partial charge in [0.25, 0.3) is 0 Å². The summed E-state index contributed by atoms with van der Waals surface area (Å²) in [6.07, 6.45) is 0.0921. The van der Waals surface area contributed by atoms with Gasteiger partial charge < -0.3 is 5.32 Å². The van der Waals surface area contributed by atoms with Crippen LogP contribution < -0.4 is 10.7 Å². The second kappa shape index (κ2) is 9.73. The van der Waals surface area contributed by atoms with E-state index in [1.54, 1.807) is 24.3 Å². The topological polar surface area (TPSA) is 70.6 Å². The van der Waals surface area contributed by atoms with Crippen molar-refractivity contribution < 1.29 is 9.59 Å². The summed E-state index contributed by atoms with van der Waals surface area (Å²) in [5.74, 6) is -0.431. The average molecular weight is 372 g/mol. The van der Waals surface area contributed by atoms with Gasteiger partial charge in [0.15, 0.2) is 0 Å². The average Bonchev–Trinajstić information content (AvgIpc) is 2.63. The molecule has 2 rings (SSSR count). The van der Waals surface area contributed by atoms with Crippen LogP contribution in [0.4, 0.5) is 5.69 Å². The Kier molecular flexibility index (Phi) is 7.36. The Labute approximate surface area is 158 Å². The predicted octanol–water partition coefficient (Wildman–Crippen LogP) is 4.24. The van der Waals surface area contributed by atoms with E-state index in [-0.39, 0.29) is 30.6 Å². The van der Waals surface area contributed by atoms with Gasteiger partial charge in [0, 0.05) is 12.8 Å². The molecule has 136 valence electrons. The largest absolute Gasteiger partial charge is 0.325 e. The highest BCUT2D eigenvalue weighted by Crippen LogP contribution is 2.20. The Balaban J connectivity index is 1.87. The lowest BCUT2D eigenvalue weighted by atomic mass is 10.0. The third-order valence-corrected chi connectivity index (χ3v) is 3.97. The van der Waals surface area contributed by atoms with Gasteiger partial charge in [-0.1, -0.05) is 67.9 Å². The fraction of sp³-hybridized carbons (Fsp3) is 0.250. The highest BCUT2D eigenvalue weighted by atomic mass is 35.5. The number of anilines is 1. The van der Waals surface area contributed by atoms with Crippen molar-refractivity contribution in [3.63, 3.8) is 0 Å². The molecule has 6 heteroatoms. The Morgan fingerprint density at radius 3 is 2.23 bits per heavy atom. The lowest BCUT2D eigenvalue weighted by molar-refractivity contribution is -0.124. The van der Waals surface area contributed by atoms with Gasteiger partial charge in [-0.3, -0.25) is 9.59 Å². The van der Waals surface area contributed by atoms with E-state index < -0.39 is 0 Å². The molecule has 0 aromatic heterocycles. The Morgan fingerprint density at radius 2 is 1.58 bits per heavy atom. The molecule has 2 N–H and O–H groups in total. The van der Waals surface area contributed by atoms with Crippen molar-refractivity contribution in [2.24, 2.45) is 11.0 Å². The van der Waals surface area contributed by atoms with Gasteiger partial charge in [-0.25, -0.2) is 5.43 Å². The van der Waals surface area contributed by atoms with Gasteiger partial charge in [0.2, 0.25) is 11.8 Å². The van der Waals surface area contributed by atoms with Crippen molar-refractivity contribution in [2.75, 3.05) is 5.32 Å². The first kappa shape index (κ1) is 19.7. The van der Waals surface area contributed by atoms with E-state index in [0.29, 0.717) is 10.7 Å². The molecule has 0 spiro atoms. The summed E-state index contributed by atoms with van der Waals surface area (Å²) in [6, 6.07) is 16.6. The standard InChI is InChI=1S/C20H22ClN3O2/c1-14(2)20(15-8-4-3-5-9-15)24-23-19(26)13-12-18(25)22-17-11-7-6-10-16(17)21/h3-11,14H,12-13H2,1-2H3,(H,22,25)(H,23,26)/b24-20+. The minimum Gasteiger partial charge on any atom is -0.325 e. The summed E-state index contributed by atoms with van der Waals surface area (Å²) in [4.78, 5) is 24.0. The van der Waals surface area contributed by atoms with Crippen LogP contribution in [-0.2, 0) is 9.59 Å². The molecule has 0 bridgehead atoms. The zero-order valence-electron chi connectivity index (χ0n) is 14.8. The van der Waals surface area contributed by atoms with Gasteiger partial charge in [-0.15, -0.1) is 0 Å². The van der Waals surface area contributed by atoms with E-state index in [1.807, 2.05) is 44.2 Å². The summed E-state index contributed by atoms with van der Waals surface area (Å²) in [6.45, 7) is 4.02. The van der Waals surface area contributed by atoms with Gasteiger partial charge in [0.05, 0.1) is 16.4 Å². The summed E-state index contributed by atoms with van der Waals surface area (Å²) < 4.78 is 0. The predicted molar refractivity (Wildman–Crippen MR) is 105 cm³/mol. The lowest BCUT2D eigenvalue weighted by Crippen LogP contribution is -2.23. The zero-order chi connectivity index (χ0) is 18.9. The molecule has 0 heterocycles. The van der Waals surface area contributed by atoms with Crippen LogP contribution in [0.25, 0.3) is 0 Å². The first-order valence-corrected chi connectivity index (χ1v) is 8.81. The lowest BCUT2D eigenvalue weighted by Gasteiger charge is -2.11. The molecular formula is C20H22ClN3O2. The minimum absolute atomic E-state index is 0.0416. The molecule has 0 fully saturated rings. The summed E-state index contributed by atoms with van der Waals surface area (Å²) in [5, 5.41) is 7.38. The van der Waals surface area contributed by atoms with E-state index in [1.165, 1.54) is 0 Å². The molecule has 0 saturated heterocycles. The normalized spacial score (nSPS) is 11.3. The smallest absolute Gasteiger partial charge is 0.240 e. The van der Waals surface area contributed by atoms with Crippen LogP contribution in [0.2, 0.25) is 5.02 Å². The van der Waals surface area contributed by atoms with Crippen LogP contribution in [0, 0.1) is 5.92 Å². The van der Waals surface area contributed by atoms with Gasteiger partial charge in [0.1, 0.15) is 0 Å². The number of hydrazone groups is 1. The van der Waals surface area contributed by atoms with Crippen LogP contribution in [0.1, 0.15) is 32.3 Å². The number of hydrogen-bond donors (Lipinski definition) is 2. The number of carbonyl (C=O) groups is 2. The first-order chi connectivity index (χ1) is 12.5. The maximum absolute atomic E-state index is 12.0. The third-order valence-electron chi connectivity index (χ3n) is 3.64. The van der Waals surface area contributed by atoms with E-state index >= 15 is 0 Å². The quantitative estimate of drug-likeness (QED) is 0.564. The number of halogens is 1. The maximum Gasteiger partial charge on any atom is 0.240 e. The van der Waals surface area contributed by atoms with E-state index in [9.17, 15) is 9.59 Å². The van der Waals surface area contributed by atoms with Gasteiger partial charge >= 0.3 is 0 Å². The SMILES string of the molecule is CC(C)/C(=N\NC(=O)CCC(=O)Nc1ccccc1Cl)c1ccccc1. The highest BCUT2D eigenvalue weighted by molar-refractivity contribution is 6.33. The summed E-state index contributed by atoms with van der Waals surface area (Å²) in [5.41, 5.74) is 4.82. The van der Waals surface area contributed by atoms with Crippen LogP contribution >= 0.6 is 11.6 Å². The van der Waals surface area contributed by atoms with Crippen molar-refractivity contribution in [3.8, 4) is 0 Å². The molecule has 2 amide bonds. The van der Waals surface area contributed by atoms with E-state index in [2.05, 4.69) is 15.8 Å². The molecule has 5 nitrogen and oxygen atoms in total. The minimum atomic E-state index is -0.312. The number of nitrogens with zero attached hydrogens (tertiary/aromatic N) is 1. The van der Waals surface area contributed by atoms with Crippen molar-refractivity contribution in [1.82, 2.24) is 5.43 Å². The second-order valence-electron chi connectivity index (χ2n) is 6.08. The number of nitrogens with one attached hydrogen (secondary N) is 2. The monoisotopic (exact) mass is 371 g/mol. The molecular weight excluding hydrogens is 350 g/mol. The molecule has 0 aliphatic carbocycles. The molecule has 0 saturated carbocycles. The maximum atomic E-state index is 12.0. The highest BCUT2D eigenvalue weighted by Gasteiger charge is 2.11. The van der Waals surface area contributed by atoms with Crippen molar-refractivity contribution in [3.05, 3.63) is 65.2 Å². The van der Waals surface area contributed by atoms with Crippen molar-refractivity contribution in [2.45, 2.75) is 26.7 Å². The fourth-order valence-corrected chi connectivity index (χ4v) is 2.50. The Hall–Kier alpha value is -2.66. The summed E-state index contributed by atoms with van der Waals surface area (Å²) >= 11 is 5.99. The molecule has 0 radical (unpaired) electrons. The van der Waals surface area contributed by atoms with Gasteiger partial charge in [-0.2, -0.15) is 5.10 Å². The van der Waals surface area contributed by atoms with Crippen LogP contribution in [0.3, 0.4) is 0 Å². The molecule has 0 unspecified atom stereocenters. The van der Waals surface area contributed by atoms with Crippen LogP contribution in [0.15, 0.2) is 59.7 Å². The van der Waals surface area contributed by atoms with Crippen molar-refractivity contribution in [1.29, 1.82) is 0 Å². The molecule has 0 aliphatic rings.